The van der Waals surface area contributed by atoms with E-state index in [2.05, 4.69) is 4.98 Å². The Bertz CT molecular complexity index is 474. The largest absolute Gasteiger partial charge is 0.280 e. The molecule has 0 saturated heterocycles. The summed E-state index contributed by atoms with van der Waals surface area (Å²) >= 11 is 5.58. The lowest BCUT2D eigenvalue weighted by Gasteiger charge is -2.09. The van der Waals surface area contributed by atoms with E-state index in [4.69, 9.17) is 22.1 Å². The van der Waals surface area contributed by atoms with Crippen molar-refractivity contribution < 1.29 is 8.78 Å². The first kappa shape index (κ1) is 12.4. The average molecular weight is 242 g/mol. The van der Waals surface area contributed by atoms with Crippen LogP contribution in [0.5, 0.6) is 0 Å². The topological polar surface area (TPSA) is 60.5 Å². The van der Waals surface area contributed by atoms with Crippen LogP contribution in [0.2, 0.25) is 0 Å². The Morgan fingerprint density at radius 3 is 2.56 bits per heavy atom. The highest BCUT2D eigenvalue weighted by Crippen LogP contribution is 2.25. The van der Waals surface area contributed by atoms with Gasteiger partial charge in [-0.05, 0) is 17.2 Å². The van der Waals surface area contributed by atoms with Crippen LogP contribution >= 0.6 is 11.6 Å². The monoisotopic (exact) mass is 241 g/mol. The number of halogens is 3. The molecular weight excluding hydrogens is 236 g/mol. The third-order valence-electron chi connectivity index (χ3n) is 1.97. The van der Waals surface area contributed by atoms with Crippen molar-refractivity contribution in [2.45, 2.75) is 18.7 Å². The fourth-order valence-electron chi connectivity index (χ4n) is 1.29. The minimum absolute atomic E-state index is 0.0338. The summed E-state index contributed by atoms with van der Waals surface area (Å²) in [4.78, 5) is 3.50. The van der Waals surface area contributed by atoms with Gasteiger partial charge in [-0.2, -0.15) is 10.5 Å². The van der Waals surface area contributed by atoms with E-state index in [1.165, 1.54) is 6.07 Å². The number of alkyl halides is 3. The van der Waals surface area contributed by atoms with Gasteiger partial charge in [-0.1, -0.05) is 0 Å². The molecule has 0 fully saturated rings. The smallest absolute Gasteiger partial charge is 0.236 e. The van der Waals surface area contributed by atoms with Crippen LogP contribution in [0.25, 0.3) is 0 Å². The molecule has 6 heteroatoms. The van der Waals surface area contributed by atoms with Crippen molar-refractivity contribution in [3.63, 3.8) is 0 Å². The first-order valence-corrected chi connectivity index (χ1v) is 4.81. The van der Waals surface area contributed by atoms with E-state index in [1.54, 1.807) is 12.1 Å². The van der Waals surface area contributed by atoms with Gasteiger partial charge in [-0.25, -0.2) is 13.8 Å². The molecule has 0 aliphatic heterocycles. The van der Waals surface area contributed by atoms with Crippen LogP contribution < -0.4 is 0 Å². The lowest BCUT2D eigenvalue weighted by atomic mass is 10.0. The molecule has 1 aromatic rings. The van der Waals surface area contributed by atoms with E-state index in [-0.39, 0.29) is 23.6 Å². The lowest BCUT2D eigenvalue weighted by molar-refractivity contribution is 0.145. The Morgan fingerprint density at radius 2 is 2.12 bits per heavy atom. The van der Waals surface area contributed by atoms with E-state index in [0.717, 1.165) is 0 Å². The van der Waals surface area contributed by atoms with Crippen LogP contribution in [0.4, 0.5) is 8.78 Å². The van der Waals surface area contributed by atoms with Crippen LogP contribution in [-0.2, 0) is 12.3 Å². The number of aromatic nitrogens is 1. The maximum Gasteiger partial charge on any atom is 0.280 e. The molecule has 0 spiro atoms. The first-order chi connectivity index (χ1) is 7.63. The molecule has 3 nitrogen and oxygen atoms in total. The molecule has 16 heavy (non-hydrogen) atoms. The van der Waals surface area contributed by atoms with Crippen molar-refractivity contribution in [2.75, 3.05) is 0 Å². The summed E-state index contributed by atoms with van der Waals surface area (Å²) in [6, 6.07) is 4.78. The molecular formula is C10H6ClF2N3. The van der Waals surface area contributed by atoms with Crippen LogP contribution in [-0.4, -0.2) is 4.98 Å². The highest BCUT2D eigenvalue weighted by molar-refractivity contribution is 6.17. The second-order valence-electron chi connectivity index (χ2n) is 2.91. The standard InChI is InChI=1S/C10H6ClF2N3/c11-4-6-3-7(5-15)16-9(10(12)13)8(6)1-2-14/h3,10H,1,4H2. The number of hydrogen-bond donors (Lipinski definition) is 0. The van der Waals surface area contributed by atoms with Gasteiger partial charge in [-0.3, -0.25) is 0 Å². The van der Waals surface area contributed by atoms with Crippen molar-refractivity contribution in [3.8, 4) is 12.1 Å². The quantitative estimate of drug-likeness (QED) is 0.765. The van der Waals surface area contributed by atoms with Crippen molar-refractivity contribution in [3.05, 3.63) is 28.6 Å². The average Bonchev–Trinajstić information content (AvgIpc) is 2.29. The molecule has 0 aliphatic carbocycles. The molecule has 82 valence electrons. The normalized spacial score (nSPS) is 9.88. The van der Waals surface area contributed by atoms with Crippen molar-refractivity contribution >= 4 is 11.6 Å². The summed E-state index contributed by atoms with van der Waals surface area (Å²) in [6.45, 7) is 0. The van der Waals surface area contributed by atoms with Crippen molar-refractivity contribution in [1.29, 1.82) is 10.5 Å². The zero-order valence-electron chi connectivity index (χ0n) is 8.04. The molecule has 0 aromatic carbocycles. The van der Waals surface area contributed by atoms with E-state index in [0.29, 0.717) is 5.56 Å². The summed E-state index contributed by atoms with van der Waals surface area (Å²) in [6.07, 6.45) is -3.01. The Morgan fingerprint density at radius 1 is 1.44 bits per heavy atom. The summed E-state index contributed by atoms with van der Waals surface area (Å²) in [5.41, 5.74) is -0.180. The first-order valence-electron chi connectivity index (χ1n) is 4.27. The van der Waals surface area contributed by atoms with Gasteiger partial charge < -0.3 is 0 Å². The third-order valence-corrected chi connectivity index (χ3v) is 2.26. The molecule has 0 bridgehead atoms. The molecule has 0 atom stereocenters. The van der Waals surface area contributed by atoms with Crippen LogP contribution in [0.15, 0.2) is 6.07 Å². The zero-order chi connectivity index (χ0) is 12.1. The molecule has 0 unspecified atom stereocenters. The summed E-state index contributed by atoms with van der Waals surface area (Å²) in [7, 11) is 0. The van der Waals surface area contributed by atoms with Gasteiger partial charge in [0.15, 0.2) is 0 Å². The van der Waals surface area contributed by atoms with Crippen molar-refractivity contribution in [1.82, 2.24) is 4.98 Å². The zero-order valence-corrected chi connectivity index (χ0v) is 8.80. The molecule has 1 aromatic heterocycles. The van der Waals surface area contributed by atoms with Gasteiger partial charge in [0.05, 0.1) is 12.5 Å². The SMILES string of the molecule is N#CCc1c(CCl)cc(C#N)nc1C(F)F. The van der Waals surface area contributed by atoms with Crippen LogP contribution in [0.3, 0.4) is 0 Å². The second kappa shape index (κ2) is 5.39. The van der Waals surface area contributed by atoms with Gasteiger partial charge in [-0.15, -0.1) is 11.6 Å². The second-order valence-corrected chi connectivity index (χ2v) is 3.18. The minimum Gasteiger partial charge on any atom is -0.236 e. The van der Waals surface area contributed by atoms with E-state index in [1.807, 2.05) is 0 Å². The molecule has 0 aliphatic rings. The van der Waals surface area contributed by atoms with Gasteiger partial charge in [0.2, 0.25) is 0 Å². The fraction of sp³-hybridized carbons (Fsp3) is 0.300. The molecule has 0 N–H and O–H groups in total. The van der Waals surface area contributed by atoms with E-state index < -0.39 is 12.1 Å². The van der Waals surface area contributed by atoms with Gasteiger partial charge in [0.25, 0.3) is 6.43 Å². The number of pyridine rings is 1. The maximum atomic E-state index is 12.7. The number of nitrogens with zero attached hydrogens (tertiary/aromatic N) is 3. The lowest BCUT2D eigenvalue weighted by Crippen LogP contribution is -2.04. The van der Waals surface area contributed by atoms with Crippen molar-refractivity contribution in [2.24, 2.45) is 0 Å². The summed E-state index contributed by atoms with van der Waals surface area (Å²) in [5.74, 6) is -0.0338. The molecule has 1 heterocycles. The summed E-state index contributed by atoms with van der Waals surface area (Å²) < 4.78 is 25.3. The number of rotatable bonds is 3. The Hall–Kier alpha value is -1.72. The molecule has 1 rings (SSSR count). The number of nitriles is 2. The Labute approximate surface area is 95.9 Å². The van der Waals surface area contributed by atoms with E-state index in [9.17, 15) is 8.78 Å². The predicted molar refractivity (Wildman–Crippen MR) is 52.8 cm³/mol. The number of hydrogen-bond acceptors (Lipinski definition) is 3. The van der Waals surface area contributed by atoms with Gasteiger partial charge in [0.1, 0.15) is 17.5 Å². The Kier molecular flexibility index (Phi) is 4.16. The fourth-order valence-corrected chi connectivity index (χ4v) is 1.52. The van der Waals surface area contributed by atoms with E-state index >= 15 is 0 Å². The highest BCUT2D eigenvalue weighted by Gasteiger charge is 2.19. The molecule has 0 radical (unpaired) electrons. The van der Waals surface area contributed by atoms with Crippen LogP contribution in [0, 0.1) is 22.7 Å². The van der Waals surface area contributed by atoms with Crippen LogP contribution in [0.1, 0.15) is 28.9 Å². The minimum atomic E-state index is -2.82. The van der Waals surface area contributed by atoms with Gasteiger partial charge in [0, 0.05) is 5.88 Å². The molecule has 0 saturated carbocycles. The predicted octanol–water partition coefficient (Wildman–Crippen LogP) is 2.70. The third kappa shape index (κ3) is 2.44. The summed E-state index contributed by atoms with van der Waals surface area (Å²) in [5, 5.41) is 17.2. The Balaban J connectivity index is 3.43. The van der Waals surface area contributed by atoms with Gasteiger partial charge >= 0.3 is 0 Å². The highest BCUT2D eigenvalue weighted by atomic mass is 35.5. The molecule has 0 amide bonds. The maximum absolute atomic E-state index is 12.7.